The van der Waals surface area contributed by atoms with Crippen molar-refractivity contribution >= 4 is 17.5 Å². The summed E-state index contributed by atoms with van der Waals surface area (Å²) < 4.78 is 0. The van der Waals surface area contributed by atoms with Crippen LogP contribution in [-0.2, 0) is 0 Å². The highest BCUT2D eigenvalue weighted by Gasteiger charge is 2.21. The van der Waals surface area contributed by atoms with E-state index in [-0.39, 0.29) is 17.9 Å². The Morgan fingerprint density at radius 3 is 2.69 bits per heavy atom. The fourth-order valence-electron chi connectivity index (χ4n) is 1.10. The van der Waals surface area contributed by atoms with Gasteiger partial charge in [0.1, 0.15) is 5.75 Å². The molecule has 88 valence electrons. The van der Waals surface area contributed by atoms with Crippen molar-refractivity contribution in [2.75, 3.05) is 6.61 Å². The Morgan fingerprint density at radius 2 is 2.12 bits per heavy atom. The lowest BCUT2D eigenvalue weighted by atomic mass is 10.1. The Kier molecular flexibility index (Phi) is 3.78. The minimum atomic E-state index is -0.744. The van der Waals surface area contributed by atoms with Gasteiger partial charge in [-0.1, -0.05) is 11.6 Å². The van der Waals surface area contributed by atoms with Gasteiger partial charge < -0.3 is 15.5 Å². The topological polar surface area (TPSA) is 69.6 Å². The standard InChI is InChI=1S/C11H14ClNO3/c1-11(2,6-14)13-10(16)8-5-7(12)3-4-9(8)15/h3-5,14-15H,6H2,1-2H3,(H,13,16). The summed E-state index contributed by atoms with van der Waals surface area (Å²) in [5.74, 6) is -0.616. The van der Waals surface area contributed by atoms with Crippen LogP contribution >= 0.6 is 11.6 Å². The predicted octanol–water partition coefficient (Wildman–Crippen LogP) is 1.55. The molecule has 0 saturated heterocycles. The molecule has 0 saturated carbocycles. The van der Waals surface area contributed by atoms with Crippen molar-refractivity contribution < 1.29 is 15.0 Å². The highest BCUT2D eigenvalue weighted by molar-refractivity contribution is 6.31. The number of carbonyl (C=O) groups is 1. The second kappa shape index (κ2) is 4.72. The van der Waals surface area contributed by atoms with Gasteiger partial charge in [0.2, 0.25) is 0 Å². The molecule has 0 heterocycles. The van der Waals surface area contributed by atoms with Crippen LogP contribution in [0.1, 0.15) is 24.2 Å². The lowest BCUT2D eigenvalue weighted by Gasteiger charge is -2.23. The van der Waals surface area contributed by atoms with Crippen LogP contribution in [0.4, 0.5) is 0 Å². The zero-order chi connectivity index (χ0) is 12.3. The fraction of sp³-hybridized carbons (Fsp3) is 0.364. The summed E-state index contributed by atoms with van der Waals surface area (Å²) in [4.78, 5) is 11.8. The minimum absolute atomic E-state index is 0.0917. The smallest absolute Gasteiger partial charge is 0.255 e. The van der Waals surface area contributed by atoms with E-state index < -0.39 is 11.4 Å². The number of hydrogen-bond donors (Lipinski definition) is 3. The normalized spacial score (nSPS) is 11.2. The lowest BCUT2D eigenvalue weighted by molar-refractivity contribution is 0.0866. The van der Waals surface area contributed by atoms with Crippen LogP contribution in [0.25, 0.3) is 0 Å². The molecule has 0 aliphatic carbocycles. The molecule has 0 aliphatic rings. The van der Waals surface area contributed by atoms with Crippen LogP contribution < -0.4 is 5.32 Å². The number of aliphatic hydroxyl groups excluding tert-OH is 1. The first-order valence-corrected chi connectivity index (χ1v) is 5.15. The van der Waals surface area contributed by atoms with Crippen molar-refractivity contribution in [2.45, 2.75) is 19.4 Å². The van der Waals surface area contributed by atoms with E-state index in [0.717, 1.165) is 0 Å². The van der Waals surface area contributed by atoms with Crippen LogP contribution in [0.2, 0.25) is 5.02 Å². The molecule has 16 heavy (non-hydrogen) atoms. The molecule has 1 aromatic carbocycles. The number of aliphatic hydroxyl groups is 1. The molecule has 5 heteroatoms. The van der Waals surface area contributed by atoms with Gasteiger partial charge in [0.15, 0.2) is 0 Å². The van der Waals surface area contributed by atoms with Crippen molar-refractivity contribution in [1.29, 1.82) is 0 Å². The van der Waals surface area contributed by atoms with Crippen LogP contribution in [0.3, 0.4) is 0 Å². The highest BCUT2D eigenvalue weighted by atomic mass is 35.5. The molecule has 3 N–H and O–H groups in total. The SMILES string of the molecule is CC(C)(CO)NC(=O)c1cc(Cl)ccc1O. The molecule has 1 amide bonds. The van der Waals surface area contributed by atoms with Crippen LogP contribution in [0.15, 0.2) is 18.2 Å². The second-order valence-electron chi connectivity index (χ2n) is 4.16. The average molecular weight is 244 g/mol. The third-order valence-electron chi connectivity index (χ3n) is 2.05. The summed E-state index contributed by atoms with van der Waals surface area (Å²) in [5.41, 5.74) is -0.653. The van der Waals surface area contributed by atoms with Crippen LogP contribution in [0.5, 0.6) is 5.75 Å². The lowest BCUT2D eigenvalue weighted by Crippen LogP contribution is -2.46. The third-order valence-corrected chi connectivity index (χ3v) is 2.29. The minimum Gasteiger partial charge on any atom is -0.507 e. The summed E-state index contributed by atoms with van der Waals surface area (Å²) in [6.45, 7) is 3.15. The van der Waals surface area contributed by atoms with E-state index in [9.17, 15) is 9.90 Å². The van der Waals surface area contributed by atoms with Gasteiger partial charge in [0.25, 0.3) is 5.91 Å². The van der Waals surface area contributed by atoms with Gasteiger partial charge in [-0.3, -0.25) is 4.79 Å². The van der Waals surface area contributed by atoms with Gasteiger partial charge in [0.05, 0.1) is 17.7 Å². The summed E-state index contributed by atoms with van der Waals surface area (Å²) in [7, 11) is 0. The zero-order valence-electron chi connectivity index (χ0n) is 9.12. The van der Waals surface area contributed by atoms with E-state index in [1.54, 1.807) is 13.8 Å². The van der Waals surface area contributed by atoms with Gasteiger partial charge in [-0.2, -0.15) is 0 Å². The maximum absolute atomic E-state index is 11.8. The Morgan fingerprint density at radius 1 is 1.50 bits per heavy atom. The van der Waals surface area contributed by atoms with E-state index >= 15 is 0 Å². The molecule has 0 bridgehead atoms. The van der Waals surface area contributed by atoms with Crippen LogP contribution in [-0.4, -0.2) is 28.3 Å². The molecule has 0 aromatic heterocycles. The molecular weight excluding hydrogens is 230 g/mol. The van der Waals surface area contributed by atoms with Crippen molar-refractivity contribution in [3.8, 4) is 5.75 Å². The molecule has 0 atom stereocenters. The fourth-order valence-corrected chi connectivity index (χ4v) is 1.28. The first kappa shape index (κ1) is 12.8. The molecular formula is C11H14ClNO3. The number of benzene rings is 1. The van der Waals surface area contributed by atoms with Crippen molar-refractivity contribution in [2.24, 2.45) is 0 Å². The largest absolute Gasteiger partial charge is 0.507 e. The van der Waals surface area contributed by atoms with Gasteiger partial charge in [-0.25, -0.2) is 0 Å². The molecule has 0 radical (unpaired) electrons. The monoisotopic (exact) mass is 243 g/mol. The maximum atomic E-state index is 11.8. The third kappa shape index (κ3) is 3.12. The van der Waals surface area contributed by atoms with E-state index in [0.29, 0.717) is 5.02 Å². The van der Waals surface area contributed by atoms with Crippen molar-refractivity contribution in [3.05, 3.63) is 28.8 Å². The van der Waals surface area contributed by atoms with Crippen molar-refractivity contribution in [1.82, 2.24) is 5.32 Å². The van der Waals surface area contributed by atoms with E-state index in [4.69, 9.17) is 16.7 Å². The first-order valence-electron chi connectivity index (χ1n) is 4.77. The number of nitrogens with one attached hydrogen (secondary N) is 1. The number of aromatic hydroxyl groups is 1. The molecule has 1 rings (SSSR count). The summed E-state index contributed by atoms with van der Waals surface area (Å²) in [5, 5.41) is 21.5. The first-order chi connectivity index (χ1) is 7.35. The predicted molar refractivity (Wildman–Crippen MR) is 61.7 cm³/mol. The molecule has 0 aliphatic heterocycles. The van der Waals surface area contributed by atoms with Crippen LogP contribution in [0, 0.1) is 0 Å². The van der Waals surface area contributed by atoms with E-state index in [1.807, 2.05) is 0 Å². The maximum Gasteiger partial charge on any atom is 0.255 e. The summed E-state index contributed by atoms with van der Waals surface area (Å²) in [6, 6.07) is 4.22. The summed E-state index contributed by atoms with van der Waals surface area (Å²) in [6.07, 6.45) is 0. The number of rotatable bonds is 3. The van der Waals surface area contributed by atoms with Crippen molar-refractivity contribution in [3.63, 3.8) is 0 Å². The molecule has 0 fully saturated rings. The number of hydrogen-bond acceptors (Lipinski definition) is 3. The van der Waals surface area contributed by atoms with E-state index in [2.05, 4.69) is 5.32 Å². The Hall–Kier alpha value is -1.26. The Balaban J connectivity index is 2.93. The number of carbonyl (C=O) groups excluding carboxylic acids is 1. The van der Waals surface area contributed by atoms with Gasteiger partial charge in [-0.15, -0.1) is 0 Å². The molecule has 0 unspecified atom stereocenters. The average Bonchev–Trinajstić information content (AvgIpc) is 2.21. The number of phenolic OH excluding ortho intramolecular Hbond substituents is 1. The number of phenols is 1. The Bertz CT molecular complexity index is 404. The van der Waals surface area contributed by atoms with Gasteiger partial charge >= 0.3 is 0 Å². The Labute approximate surface area is 98.9 Å². The second-order valence-corrected chi connectivity index (χ2v) is 4.59. The summed E-state index contributed by atoms with van der Waals surface area (Å²) >= 11 is 5.73. The van der Waals surface area contributed by atoms with Gasteiger partial charge in [0, 0.05) is 5.02 Å². The number of amides is 1. The zero-order valence-corrected chi connectivity index (χ0v) is 9.88. The number of halogens is 1. The highest BCUT2D eigenvalue weighted by Crippen LogP contribution is 2.21. The molecule has 1 aromatic rings. The molecule has 0 spiro atoms. The van der Waals surface area contributed by atoms with E-state index in [1.165, 1.54) is 18.2 Å². The quantitative estimate of drug-likeness (QED) is 0.754. The molecule has 4 nitrogen and oxygen atoms in total. The van der Waals surface area contributed by atoms with Gasteiger partial charge in [-0.05, 0) is 32.0 Å².